The fourth-order valence-electron chi connectivity index (χ4n) is 3.09. The topological polar surface area (TPSA) is 79.0 Å². The van der Waals surface area contributed by atoms with Gasteiger partial charge in [-0.3, -0.25) is 0 Å². The van der Waals surface area contributed by atoms with E-state index in [9.17, 15) is 8.42 Å². The predicted octanol–water partition coefficient (Wildman–Crippen LogP) is 5.09. The van der Waals surface area contributed by atoms with Crippen molar-refractivity contribution in [3.8, 4) is 0 Å². The third-order valence-corrected chi connectivity index (χ3v) is 5.93. The fourth-order valence-corrected chi connectivity index (χ4v) is 4.04. The molecule has 0 spiro atoms. The van der Waals surface area contributed by atoms with Crippen LogP contribution in [0.1, 0.15) is 25.3 Å². The van der Waals surface area contributed by atoms with Gasteiger partial charge in [-0.25, -0.2) is 13.4 Å². The van der Waals surface area contributed by atoms with Gasteiger partial charge in [0.1, 0.15) is 5.65 Å². The molecule has 144 valence electrons. The minimum absolute atomic E-state index is 0.156. The Morgan fingerprint density at radius 1 is 1.07 bits per heavy atom. The van der Waals surface area contributed by atoms with E-state index in [-0.39, 0.29) is 10.7 Å². The molecule has 0 saturated heterocycles. The zero-order chi connectivity index (χ0) is 19.7. The van der Waals surface area contributed by atoms with Gasteiger partial charge in [0.15, 0.2) is 0 Å². The molecule has 0 aliphatic carbocycles. The van der Waals surface area contributed by atoms with Gasteiger partial charge in [0.05, 0.1) is 10.4 Å². The van der Waals surface area contributed by atoms with Crippen molar-refractivity contribution in [1.82, 2.24) is 14.8 Å². The van der Waals surface area contributed by atoms with Gasteiger partial charge in [0.2, 0.25) is 10.0 Å². The lowest BCUT2D eigenvalue weighted by Gasteiger charge is -2.14. The van der Waals surface area contributed by atoms with E-state index in [1.54, 1.807) is 28.9 Å². The predicted molar refractivity (Wildman–Crippen MR) is 111 cm³/mol. The van der Waals surface area contributed by atoms with Gasteiger partial charge in [0, 0.05) is 17.3 Å². The van der Waals surface area contributed by atoms with E-state index in [4.69, 9.17) is 4.98 Å². The number of aryl methyl sites for hydroxylation is 2. The number of nitrogens with zero attached hydrogens (tertiary/aromatic N) is 4. The van der Waals surface area contributed by atoms with Crippen LogP contribution in [0, 0.1) is 6.92 Å². The van der Waals surface area contributed by atoms with Crippen molar-refractivity contribution in [3.05, 3.63) is 64.9 Å². The summed E-state index contributed by atoms with van der Waals surface area (Å²) in [6.45, 7) is 4.67. The molecule has 4 rings (SSSR count). The van der Waals surface area contributed by atoms with Gasteiger partial charge in [-0.2, -0.15) is 0 Å². The zero-order valence-electron chi connectivity index (χ0n) is 15.8. The van der Waals surface area contributed by atoms with Gasteiger partial charge in [-0.1, -0.05) is 49.2 Å². The average molecular weight is 393 g/mol. The number of fused-ring (bicyclic) bond motifs is 2. The number of pyridine rings is 1. The molecule has 6 nitrogen and oxygen atoms in total. The Kier molecular flexibility index (Phi) is 4.77. The Morgan fingerprint density at radius 3 is 2.57 bits per heavy atom. The van der Waals surface area contributed by atoms with Crippen LogP contribution in [0.2, 0.25) is 0 Å². The molecule has 0 N–H and O–H groups in total. The quantitative estimate of drug-likeness (QED) is 0.457. The first-order chi connectivity index (χ1) is 13.5. The van der Waals surface area contributed by atoms with Crippen molar-refractivity contribution in [2.24, 2.45) is 0 Å². The molecule has 0 aliphatic rings. The van der Waals surface area contributed by atoms with Crippen LogP contribution in [0.25, 0.3) is 26.7 Å². The van der Waals surface area contributed by atoms with Crippen molar-refractivity contribution in [2.75, 3.05) is 0 Å². The van der Waals surface area contributed by atoms with Gasteiger partial charge in [0.25, 0.3) is 0 Å². The van der Waals surface area contributed by atoms with E-state index in [0.29, 0.717) is 17.6 Å². The van der Waals surface area contributed by atoms with Gasteiger partial charge < -0.3 is 14.5 Å². The Bertz CT molecular complexity index is 1240. The van der Waals surface area contributed by atoms with Crippen LogP contribution in [-0.4, -0.2) is 23.2 Å². The molecule has 0 bridgehead atoms. The highest BCUT2D eigenvalue weighted by molar-refractivity contribution is 7.94. The van der Waals surface area contributed by atoms with Gasteiger partial charge in [-0.05, 0) is 43.4 Å². The number of rotatable bonds is 6. The van der Waals surface area contributed by atoms with E-state index in [2.05, 4.69) is 16.7 Å². The lowest BCUT2D eigenvalue weighted by atomic mass is 10.2. The number of para-hydroxylation sites is 1. The highest BCUT2D eigenvalue weighted by Gasteiger charge is 2.13. The first-order valence-corrected chi connectivity index (χ1v) is 10.7. The van der Waals surface area contributed by atoms with Gasteiger partial charge >= 0.3 is 0 Å². The van der Waals surface area contributed by atoms with Crippen LogP contribution >= 0.6 is 0 Å². The molecule has 2 aromatic carbocycles. The molecule has 0 amide bonds. The van der Waals surface area contributed by atoms with Crippen molar-refractivity contribution in [3.63, 3.8) is 0 Å². The number of aromatic nitrogens is 3. The summed E-state index contributed by atoms with van der Waals surface area (Å²) in [5, 5.41) is 6.06. The molecule has 0 radical (unpaired) electrons. The van der Waals surface area contributed by atoms with E-state index in [1.807, 2.05) is 37.3 Å². The summed E-state index contributed by atoms with van der Waals surface area (Å²) in [5.74, 6) is 0.185. The highest BCUT2D eigenvalue weighted by Crippen LogP contribution is 2.34. The second-order valence-corrected chi connectivity index (χ2v) is 8.44. The Balaban J connectivity index is 1.83. The summed E-state index contributed by atoms with van der Waals surface area (Å²) in [4.78, 5) is 4.87. The van der Waals surface area contributed by atoms with Crippen LogP contribution in [0.15, 0.2) is 59.5 Å². The number of hydrogen-bond donors (Lipinski definition) is 0. The van der Waals surface area contributed by atoms with Crippen LogP contribution in [0.3, 0.4) is 0 Å². The molecule has 0 fully saturated rings. The van der Waals surface area contributed by atoms with E-state index < -0.39 is 10.0 Å². The maximum Gasteiger partial charge on any atom is 0.202 e. The van der Waals surface area contributed by atoms with Crippen LogP contribution in [0.4, 0.5) is 5.82 Å². The summed E-state index contributed by atoms with van der Waals surface area (Å²) in [5.41, 5.74) is 2.49. The van der Waals surface area contributed by atoms with Crippen molar-refractivity contribution in [1.29, 1.82) is 0 Å². The standard InChI is InChI=1S/C21H21N4O2S/c1-3-4-13-25-21-18(14-16-7-5-6-8-19(16)22-21)20(23-25)24-28(26,27)17-11-9-15(2)10-12-17/h5-12,14H,3-4,13H2,1-2H3/q-1. The number of benzene rings is 2. The summed E-state index contributed by atoms with van der Waals surface area (Å²) in [6.07, 6.45) is 1.93. The van der Waals surface area contributed by atoms with Crippen molar-refractivity contribution >= 4 is 37.8 Å². The third kappa shape index (κ3) is 3.45. The molecule has 0 unspecified atom stereocenters. The summed E-state index contributed by atoms with van der Waals surface area (Å²) in [7, 11) is -3.86. The average Bonchev–Trinajstić information content (AvgIpc) is 3.01. The third-order valence-electron chi connectivity index (χ3n) is 4.65. The number of unbranched alkanes of at least 4 members (excludes halogenated alkanes) is 1. The second kappa shape index (κ2) is 7.24. The van der Waals surface area contributed by atoms with Crippen molar-refractivity contribution < 1.29 is 8.42 Å². The van der Waals surface area contributed by atoms with E-state index in [1.165, 1.54) is 0 Å². The second-order valence-electron chi connectivity index (χ2n) is 6.83. The summed E-state index contributed by atoms with van der Waals surface area (Å²) in [6, 6.07) is 16.3. The summed E-state index contributed by atoms with van der Waals surface area (Å²) >= 11 is 0. The van der Waals surface area contributed by atoms with Crippen LogP contribution in [0.5, 0.6) is 0 Å². The number of sulfonamides is 1. The molecule has 0 aliphatic heterocycles. The minimum atomic E-state index is -3.86. The van der Waals surface area contributed by atoms with E-state index >= 15 is 0 Å². The first kappa shape index (κ1) is 18.4. The molecule has 7 heteroatoms. The maximum absolute atomic E-state index is 12.8. The van der Waals surface area contributed by atoms with Gasteiger partial charge in [-0.15, -0.1) is 0 Å². The minimum Gasteiger partial charge on any atom is -0.372 e. The molecule has 2 heterocycles. The van der Waals surface area contributed by atoms with Crippen LogP contribution < -0.4 is 0 Å². The molecule has 4 aromatic rings. The summed E-state index contributed by atoms with van der Waals surface area (Å²) < 4.78 is 31.4. The van der Waals surface area contributed by atoms with Crippen molar-refractivity contribution in [2.45, 2.75) is 38.1 Å². The lowest BCUT2D eigenvalue weighted by Crippen LogP contribution is -2.01. The SMILES string of the molecule is CCCCn1nc([N-]S(=O)(=O)c2ccc(C)cc2)c2cc3ccccc3nc21. The number of hydrogen-bond acceptors (Lipinski definition) is 4. The molecular formula is C21H21N4O2S-. The monoisotopic (exact) mass is 393 g/mol. The molecule has 28 heavy (non-hydrogen) atoms. The van der Waals surface area contributed by atoms with Crippen LogP contribution in [-0.2, 0) is 16.6 Å². The zero-order valence-corrected chi connectivity index (χ0v) is 16.6. The smallest absolute Gasteiger partial charge is 0.202 e. The Labute approximate surface area is 164 Å². The highest BCUT2D eigenvalue weighted by atomic mass is 32.2. The normalized spacial score (nSPS) is 11.9. The van der Waals surface area contributed by atoms with E-state index in [0.717, 1.165) is 29.3 Å². The Hall–Kier alpha value is -2.93. The molecular weight excluding hydrogens is 372 g/mol. The fraction of sp³-hybridized carbons (Fsp3) is 0.238. The molecule has 0 atom stereocenters. The first-order valence-electron chi connectivity index (χ1n) is 9.29. The largest absolute Gasteiger partial charge is 0.372 e. The Morgan fingerprint density at radius 2 is 1.82 bits per heavy atom. The maximum atomic E-state index is 12.8. The lowest BCUT2D eigenvalue weighted by molar-refractivity contribution is 0.586. The molecule has 2 aromatic heterocycles. The molecule has 0 saturated carbocycles.